The van der Waals surface area contributed by atoms with Crippen LogP contribution < -0.4 is 0 Å². The van der Waals surface area contributed by atoms with Crippen molar-refractivity contribution in [2.45, 2.75) is 129 Å². The molecule has 1 heteroatoms. The molecule has 0 heterocycles. The Morgan fingerprint density at radius 3 is 0.800 bits per heavy atom. The molecule has 0 saturated heterocycles. The van der Waals surface area contributed by atoms with Crippen molar-refractivity contribution >= 4 is 21.1 Å². The summed E-state index contributed by atoms with van der Waals surface area (Å²) in [5.74, 6) is 3.57. The van der Waals surface area contributed by atoms with Crippen LogP contribution in [0, 0.1) is 23.7 Å². The molecule has 25 heavy (non-hydrogen) atoms. The molecule has 0 saturated carbocycles. The van der Waals surface area contributed by atoms with Gasteiger partial charge in [-0.05, 0) is 11.8 Å². The van der Waals surface area contributed by atoms with E-state index in [-0.39, 0.29) is 21.1 Å². The Labute approximate surface area is 173 Å². The van der Waals surface area contributed by atoms with Crippen LogP contribution in [-0.4, -0.2) is 21.1 Å². The summed E-state index contributed by atoms with van der Waals surface area (Å²) in [5, 5.41) is 0. The summed E-state index contributed by atoms with van der Waals surface area (Å²) in [6.07, 6.45) is 8.65. The summed E-state index contributed by atoms with van der Waals surface area (Å²) in [7, 11) is 0. The average Bonchev–Trinajstić information content (AvgIpc) is 2.51. The third kappa shape index (κ3) is 32.9. The first-order chi connectivity index (χ1) is 11.5. The van der Waals surface area contributed by atoms with Gasteiger partial charge in [0.2, 0.25) is 0 Å². The molecule has 2 atom stereocenters. The van der Waals surface area contributed by atoms with E-state index in [2.05, 4.69) is 69.2 Å². The van der Waals surface area contributed by atoms with E-state index in [1.165, 1.54) is 38.5 Å². The van der Waals surface area contributed by atoms with Crippen molar-refractivity contribution in [1.29, 1.82) is 0 Å². The molecule has 0 aliphatic rings. The van der Waals surface area contributed by atoms with Gasteiger partial charge in [0, 0.05) is 0 Å². The molecule has 2 radical (unpaired) electrons. The molecule has 0 aromatic rings. The van der Waals surface area contributed by atoms with Crippen molar-refractivity contribution in [3.63, 3.8) is 0 Å². The van der Waals surface area contributed by atoms with Crippen LogP contribution in [0.5, 0.6) is 0 Å². The summed E-state index contributed by atoms with van der Waals surface area (Å²) in [4.78, 5) is 0. The van der Waals surface area contributed by atoms with Crippen LogP contribution in [0.3, 0.4) is 0 Å². The zero-order valence-corrected chi connectivity index (χ0v) is 23.1. The Bertz CT molecular complexity index is 206. The van der Waals surface area contributed by atoms with E-state index < -0.39 is 0 Å². The third-order valence-electron chi connectivity index (χ3n) is 4.24. The molecule has 0 aliphatic carbocycles. The van der Waals surface area contributed by atoms with Crippen molar-refractivity contribution < 1.29 is 0 Å². The third-order valence-corrected chi connectivity index (χ3v) is 9.14. The first-order valence-electron chi connectivity index (χ1n) is 11.3. The molecule has 0 bridgehead atoms. The fourth-order valence-corrected chi connectivity index (χ4v) is 7.16. The molecule has 0 rings (SSSR count). The summed E-state index contributed by atoms with van der Waals surface area (Å²) < 4.78 is 2.19. The second kappa shape index (κ2) is 21.1. The fraction of sp³-hybridized carbons (Fsp3) is 1.00. The number of rotatable bonds is 11. The van der Waals surface area contributed by atoms with Gasteiger partial charge in [-0.15, -0.1) is 0 Å². The molecule has 0 fully saturated rings. The predicted octanol–water partition coefficient (Wildman–Crippen LogP) is 9.28. The second-order valence-corrected chi connectivity index (χ2v) is 15.9. The standard InChI is InChI=1S/C8H18.2C7H15.C2H6.Sn/c1-7(2)5-6-8(3)4;2*1-4-5-6-7(2)3;1-2;/h7-8H,5-6H2,1-4H3;2*4,7H,5-6H2,1-3H3;1-2H3;. The number of hydrogen-bond donors (Lipinski definition) is 0. The van der Waals surface area contributed by atoms with Gasteiger partial charge in [0.1, 0.15) is 0 Å². The Hall–Kier alpha value is 0.799. The summed E-state index contributed by atoms with van der Waals surface area (Å²) >= 11 is -0.107. The molecule has 0 aliphatic heterocycles. The van der Waals surface area contributed by atoms with E-state index in [0.29, 0.717) is 0 Å². The van der Waals surface area contributed by atoms with Gasteiger partial charge in [-0.3, -0.25) is 0 Å². The minimum absolute atomic E-state index is 0.107. The minimum atomic E-state index is -0.107. The topological polar surface area (TPSA) is 0 Å². The molecule has 0 aromatic carbocycles. The van der Waals surface area contributed by atoms with Crippen LogP contribution in [0.4, 0.5) is 0 Å². The van der Waals surface area contributed by atoms with Gasteiger partial charge in [-0.1, -0.05) is 54.4 Å². The van der Waals surface area contributed by atoms with E-state index in [1.807, 2.05) is 13.8 Å². The van der Waals surface area contributed by atoms with E-state index in [1.54, 1.807) is 0 Å². The second-order valence-electron chi connectivity index (χ2n) is 9.28. The first-order valence-corrected chi connectivity index (χ1v) is 14.6. The van der Waals surface area contributed by atoms with Gasteiger partial charge < -0.3 is 0 Å². The summed E-state index contributed by atoms with van der Waals surface area (Å²) in [6.45, 7) is 27.5. The van der Waals surface area contributed by atoms with Crippen LogP contribution in [-0.2, 0) is 0 Å². The molecule has 154 valence electrons. The Morgan fingerprint density at radius 2 is 0.600 bits per heavy atom. The van der Waals surface area contributed by atoms with Gasteiger partial charge in [-0.25, -0.2) is 0 Å². The zero-order chi connectivity index (χ0) is 20.4. The van der Waals surface area contributed by atoms with Gasteiger partial charge >= 0.3 is 108 Å². The van der Waals surface area contributed by atoms with Crippen LogP contribution in [0.25, 0.3) is 0 Å². The maximum absolute atomic E-state index is 2.50. The van der Waals surface area contributed by atoms with Gasteiger partial charge in [0.05, 0.1) is 0 Å². The summed E-state index contributed by atoms with van der Waals surface area (Å²) in [5.41, 5.74) is 0. The van der Waals surface area contributed by atoms with E-state index in [0.717, 1.165) is 31.5 Å². The van der Waals surface area contributed by atoms with Crippen LogP contribution >= 0.6 is 0 Å². The van der Waals surface area contributed by atoms with E-state index in [4.69, 9.17) is 0 Å². The molecule has 0 nitrogen and oxygen atoms in total. The molecule has 2 unspecified atom stereocenters. The fourth-order valence-electron chi connectivity index (χ4n) is 2.49. The Morgan fingerprint density at radius 1 is 0.400 bits per heavy atom. The quantitative estimate of drug-likeness (QED) is 0.269. The Kier molecular flexibility index (Phi) is 25.8. The molecular weight excluding hydrogens is 407 g/mol. The van der Waals surface area contributed by atoms with Crippen LogP contribution in [0.1, 0.15) is 122 Å². The first kappa shape index (κ1) is 30.5. The van der Waals surface area contributed by atoms with Crippen LogP contribution in [0.15, 0.2) is 0 Å². The van der Waals surface area contributed by atoms with Gasteiger partial charge in [-0.2, -0.15) is 0 Å². The van der Waals surface area contributed by atoms with Crippen molar-refractivity contribution in [3.05, 3.63) is 0 Å². The molecule has 0 N–H and O–H groups in total. The Balaban J connectivity index is -0.000000408. The average molecular weight is 461 g/mol. The van der Waals surface area contributed by atoms with E-state index >= 15 is 0 Å². The molecule has 0 aromatic heterocycles. The number of hydrogen-bond acceptors (Lipinski definition) is 0. The molecule has 0 amide bonds. The van der Waals surface area contributed by atoms with Crippen LogP contribution in [0.2, 0.25) is 7.87 Å². The van der Waals surface area contributed by atoms with Crippen molar-refractivity contribution in [1.82, 2.24) is 0 Å². The monoisotopic (exact) mass is 462 g/mol. The van der Waals surface area contributed by atoms with Crippen molar-refractivity contribution in [3.8, 4) is 0 Å². The van der Waals surface area contributed by atoms with Crippen molar-refractivity contribution in [2.24, 2.45) is 23.7 Å². The summed E-state index contributed by atoms with van der Waals surface area (Å²) in [6, 6.07) is 0. The van der Waals surface area contributed by atoms with Gasteiger partial charge in [0.15, 0.2) is 0 Å². The maximum atomic E-state index is 2.50. The SMILES string of the molecule is CC.CC(C)CCC(C)C.CC(C)CC[CH](C)[Sn][CH](C)CCC(C)C. The predicted molar refractivity (Wildman–Crippen MR) is 123 cm³/mol. The molecular formula is C24H54Sn. The van der Waals surface area contributed by atoms with E-state index in [9.17, 15) is 0 Å². The van der Waals surface area contributed by atoms with Gasteiger partial charge in [0.25, 0.3) is 0 Å². The van der Waals surface area contributed by atoms with Crippen molar-refractivity contribution in [2.75, 3.05) is 0 Å². The normalized spacial score (nSPS) is 13.4. The zero-order valence-electron chi connectivity index (χ0n) is 20.2. The molecule has 0 spiro atoms.